The maximum atomic E-state index is 10.9. The van der Waals surface area contributed by atoms with E-state index in [1.54, 1.807) is 21.1 Å². The van der Waals surface area contributed by atoms with Crippen molar-refractivity contribution in [2.45, 2.75) is 58.2 Å². The molecule has 162 valence electrons. The van der Waals surface area contributed by atoms with E-state index in [1.165, 1.54) is 0 Å². The molecule has 0 spiro atoms. The maximum Gasteiger partial charge on any atom is 0.306 e. The highest BCUT2D eigenvalue weighted by molar-refractivity contribution is 5.69. The van der Waals surface area contributed by atoms with Gasteiger partial charge in [0.15, 0.2) is 0 Å². The first-order valence-electron chi connectivity index (χ1n) is 10.3. The molecule has 0 aromatic carbocycles. The van der Waals surface area contributed by atoms with Crippen LogP contribution in [-0.2, 0) is 14.3 Å². The zero-order valence-corrected chi connectivity index (χ0v) is 18.4. The minimum Gasteiger partial charge on any atom is -0.481 e. The second kappa shape index (κ2) is 19.2. The Morgan fingerprint density at radius 3 is 1.86 bits per heavy atom. The van der Waals surface area contributed by atoms with Crippen LogP contribution < -0.4 is 0 Å². The molecule has 0 bridgehead atoms. The maximum absolute atomic E-state index is 10.9. The topological polar surface area (TPSA) is 55.8 Å². The van der Waals surface area contributed by atoms with Crippen LogP contribution in [-0.4, -0.2) is 37.5 Å². The summed E-state index contributed by atoms with van der Waals surface area (Å²) in [7, 11) is 3.29. The Bertz CT molecular complexity index is 582. The number of carbonyl (C=O) groups is 1. The van der Waals surface area contributed by atoms with E-state index in [9.17, 15) is 4.79 Å². The van der Waals surface area contributed by atoms with Crippen molar-refractivity contribution in [1.82, 2.24) is 0 Å². The zero-order chi connectivity index (χ0) is 21.7. The molecule has 0 rings (SSSR count). The van der Waals surface area contributed by atoms with Gasteiger partial charge >= 0.3 is 5.97 Å². The standard InChI is InChI=1S/C25H38O4/c1-5-6-7-8-9-10-11-12-15-18-23(28-3)19-16-13-14-17-20-24(29-4)21-22(2)25(26)27/h6-7,9-10,12-17,19-20,22-24H,5,8,11,18,21H2,1-4H3,(H,26,27)/b7-6-,10-9-,14-13+,15-12-,19-16+,20-17+. The summed E-state index contributed by atoms with van der Waals surface area (Å²) < 4.78 is 10.8. The Kier molecular flexibility index (Phi) is 17.7. The Balaban J connectivity index is 4.24. The summed E-state index contributed by atoms with van der Waals surface area (Å²) >= 11 is 0. The van der Waals surface area contributed by atoms with Gasteiger partial charge in [-0.1, -0.05) is 86.8 Å². The summed E-state index contributed by atoms with van der Waals surface area (Å²) in [5.74, 6) is -1.24. The molecule has 0 aliphatic carbocycles. The molecular weight excluding hydrogens is 364 g/mol. The Labute approximate surface area is 177 Å². The van der Waals surface area contributed by atoms with Crippen LogP contribution in [0, 0.1) is 5.92 Å². The number of carboxylic acids is 1. The van der Waals surface area contributed by atoms with Gasteiger partial charge in [-0.15, -0.1) is 0 Å². The average Bonchev–Trinajstić information content (AvgIpc) is 2.72. The lowest BCUT2D eigenvalue weighted by Crippen LogP contribution is -2.18. The van der Waals surface area contributed by atoms with E-state index in [2.05, 4.69) is 43.4 Å². The van der Waals surface area contributed by atoms with E-state index in [4.69, 9.17) is 14.6 Å². The highest BCUT2D eigenvalue weighted by Crippen LogP contribution is 2.10. The summed E-state index contributed by atoms with van der Waals surface area (Å²) in [6.45, 7) is 3.82. The first kappa shape index (κ1) is 26.8. The van der Waals surface area contributed by atoms with E-state index in [0.29, 0.717) is 6.42 Å². The van der Waals surface area contributed by atoms with Crippen LogP contribution in [0.5, 0.6) is 0 Å². The number of hydrogen-bond donors (Lipinski definition) is 1. The molecular formula is C25H38O4. The summed E-state index contributed by atoms with van der Waals surface area (Å²) in [6.07, 6.45) is 28.7. The third-order valence-electron chi connectivity index (χ3n) is 4.25. The molecule has 1 N–H and O–H groups in total. The molecule has 4 nitrogen and oxygen atoms in total. The van der Waals surface area contributed by atoms with Gasteiger partial charge < -0.3 is 14.6 Å². The van der Waals surface area contributed by atoms with Gasteiger partial charge in [0, 0.05) is 14.2 Å². The van der Waals surface area contributed by atoms with Crippen LogP contribution in [0.2, 0.25) is 0 Å². The SMILES string of the molecule is CC/C=C\C/C=C\C/C=C\CC(/C=C/C=C/C=C/C(CC(C)C(=O)O)OC)OC. The normalized spacial score (nSPS) is 16.3. The molecule has 0 radical (unpaired) electrons. The number of hydrogen-bond acceptors (Lipinski definition) is 3. The van der Waals surface area contributed by atoms with Crippen LogP contribution in [0.1, 0.15) is 46.0 Å². The first-order valence-corrected chi connectivity index (χ1v) is 10.3. The van der Waals surface area contributed by atoms with Crippen molar-refractivity contribution in [3.63, 3.8) is 0 Å². The molecule has 0 amide bonds. The number of aliphatic carboxylic acids is 1. The van der Waals surface area contributed by atoms with Crippen molar-refractivity contribution in [2.75, 3.05) is 14.2 Å². The molecule has 0 aliphatic heterocycles. The monoisotopic (exact) mass is 402 g/mol. The molecule has 3 unspecified atom stereocenters. The zero-order valence-electron chi connectivity index (χ0n) is 18.4. The van der Waals surface area contributed by atoms with Gasteiger partial charge in [-0.3, -0.25) is 4.79 Å². The van der Waals surface area contributed by atoms with Crippen LogP contribution in [0.15, 0.2) is 72.9 Å². The molecule has 0 fully saturated rings. The minimum atomic E-state index is -0.807. The number of methoxy groups -OCH3 is 2. The Hall–Kier alpha value is -2.17. The average molecular weight is 403 g/mol. The summed E-state index contributed by atoms with van der Waals surface area (Å²) in [5, 5.41) is 8.96. The Morgan fingerprint density at radius 2 is 1.34 bits per heavy atom. The van der Waals surface area contributed by atoms with Crippen molar-refractivity contribution in [2.24, 2.45) is 5.92 Å². The molecule has 3 atom stereocenters. The van der Waals surface area contributed by atoms with Gasteiger partial charge in [0.1, 0.15) is 0 Å². The summed E-state index contributed by atoms with van der Waals surface area (Å²) in [5.41, 5.74) is 0. The van der Waals surface area contributed by atoms with Gasteiger partial charge in [0.05, 0.1) is 18.1 Å². The highest BCUT2D eigenvalue weighted by atomic mass is 16.5. The molecule has 29 heavy (non-hydrogen) atoms. The van der Waals surface area contributed by atoms with Gasteiger partial charge in [-0.2, -0.15) is 0 Å². The smallest absolute Gasteiger partial charge is 0.306 e. The molecule has 0 aliphatic rings. The van der Waals surface area contributed by atoms with Crippen molar-refractivity contribution < 1.29 is 19.4 Å². The highest BCUT2D eigenvalue weighted by Gasteiger charge is 2.15. The van der Waals surface area contributed by atoms with Crippen LogP contribution >= 0.6 is 0 Å². The van der Waals surface area contributed by atoms with Crippen molar-refractivity contribution in [3.8, 4) is 0 Å². The fraction of sp³-hybridized carbons (Fsp3) is 0.480. The summed E-state index contributed by atoms with van der Waals surface area (Å²) in [4.78, 5) is 10.9. The van der Waals surface area contributed by atoms with E-state index < -0.39 is 11.9 Å². The Morgan fingerprint density at radius 1 is 0.828 bits per heavy atom. The van der Waals surface area contributed by atoms with E-state index in [0.717, 1.165) is 25.7 Å². The van der Waals surface area contributed by atoms with Crippen LogP contribution in [0.25, 0.3) is 0 Å². The van der Waals surface area contributed by atoms with Crippen molar-refractivity contribution >= 4 is 5.97 Å². The van der Waals surface area contributed by atoms with Crippen LogP contribution in [0.4, 0.5) is 0 Å². The second-order valence-corrected chi connectivity index (χ2v) is 6.71. The number of carboxylic acid groups (broad SMARTS) is 1. The number of ether oxygens (including phenoxy) is 2. The molecule has 0 aromatic heterocycles. The largest absolute Gasteiger partial charge is 0.481 e. The van der Waals surface area contributed by atoms with Gasteiger partial charge in [0.25, 0.3) is 0 Å². The van der Waals surface area contributed by atoms with Gasteiger partial charge in [-0.25, -0.2) is 0 Å². The predicted octanol–water partition coefficient (Wildman–Crippen LogP) is 6.04. The summed E-state index contributed by atoms with van der Waals surface area (Å²) in [6, 6.07) is 0. The number of rotatable bonds is 16. The van der Waals surface area contributed by atoms with Crippen molar-refractivity contribution in [3.05, 3.63) is 72.9 Å². The molecule has 4 heteroatoms. The van der Waals surface area contributed by atoms with E-state index >= 15 is 0 Å². The van der Waals surface area contributed by atoms with Crippen LogP contribution in [0.3, 0.4) is 0 Å². The predicted molar refractivity (Wildman–Crippen MR) is 122 cm³/mol. The first-order chi connectivity index (χ1) is 14.0. The molecule has 0 saturated carbocycles. The fourth-order valence-electron chi connectivity index (χ4n) is 2.40. The van der Waals surface area contributed by atoms with Gasteiger partial charge in [-0.05, 0) is 32.1 Å². The third-order valence-corrected chi connectivity index (χ3v) is 4.25. The quantitative estimate of drug-likeness (QED) is 0.252. The molecule has 0 saturated heterocycles. The van der Waals surface area contributed by atoms with E-state index in [1.807, 2.05) is 36.5 Å². The second-order valence-electron chi connectivity index (χ2n) is 6.71. The number of allylic oxidation sites excluding steroid dienone is 9. The lowest BCUT2D eigenvalue weighted by Gasteiger charge is -2.13. The molecule has 0 heterocycles. The fourth-order valence-corrected chi connectivity index (χ4v) is 2.40. The third kappa shape index (κ3) is 16.5. The van der Waals surface area contributed by atoms with Gasteiger partial charge in [0.2, 0.25) is 0 Å². The van der Waals surface area contributed by atoms with E-state index in [-0.39, 0.29) is 12.2 Å². The minimum absolute atomic E-state index is 0.0412. The van der Waals surface area contributed by atoms with Crippen molar-refractivity contribution in [1.29, 1.82) is 0 Å². The lowest BCUT2D eigenvalue weighted by atomic mass is 10.0. The lowest BCUT2D eigenvalue weighted by molar-refractivity contribution is -0.142. The molecule has 0 aromatic rings.